The summed E-state index contributed by atoms with van der Waals surface area (Å²) in [7, 11) is 3.11. The molecule has 0 aliphatic carbocycles. The van der Waals surface area contributed by atoms with Gasteiger partial charge in [0.1, 0.15) is 11.5 Å². The van der Waals surface area contributed by atoms with Gasteiger partial charge in [-0.05, 0) is 38.5 Å². The molecule has 2 aromatic carbocycles. The molecule has 0 fully saturated rings. The van der Waals surface area contributed by atoms with Crippen LogP contribution in [0.1, 0.15) is 32.9 Å². The van der Waals surface area contributed by atoms with E-state index in [0.717, 1.165) is 22.6 Å². The fraction of sp³-hybridized carbons (Fsp3) is 0.273. The van der Waals surface area contributed by atoms with Crippen LogP contribution in [0.4, 0.5) is 5.69 Å². The normalized spacial score (nSPS) is 10.6. The van der Waals surface area contributed by atoms with Crippen molar-refractivity contribution in [1.82, 2.24) is 9.78 Å². The predicted molar refractivity (Wildman–Crippen MR) is 109 cm³/mol. The van der Waals surface area contributed by atoms with Crippen molar-refractivity contribution in [3.8, 4) is 11.5 Å². The lowest BCUT2D eigenvalue weighted by atomic mass is 10.1. The van der Waals surface area contributed by atoms with Crippen LogP contribution in [0.25, 0.3) is 0 Å². The number of methoxy groups -OCH3 is 2. The number of nitrogens with one attached hydrogen (secondary N) is 1. The van der Waals surface area contributed by atoms with Crippen LogP contribution in [0.15, 0.2) is 42.5 Å². The van der Waals surface area contributed by atoms with Gasteiger partial charge in [0.05, 0.1) is 37.8 Å². The number of benzene rings is 2. The smallest absolute Gasteiger partial charge is 0.256 e. The van der Waals surface area contributed by atoms with Gasteiger partial charge in [0.25, 0.3) is 5.91 Å². The Labute approximate surface area is 165 Å². The summed E-state index contributed by atoms with van der Waals surface area (Å²) in [5, 5.41) is 7.57. The summed E-state index contributed by atoms with van der Waals surface area (Å²) in [4.78, 5) is 12.8. The minimum absolute atomic E-state index is 0.238. The maximum absolute atomic E-state index is 12.8. The van der Waals surface area contributed by atoms with E-state index in [9.17, 15) is 4.79 Å². The Morgan fingerprint density at radius 2 is 1.61 bits per heavy atom. The fourth-order valence-corrected chi connectivity index (χ4v) is 3.02. The summed E-state index contributed by atoms with van der Waals surface area (Å²) in [5.41, 5.74) is 5.24. The molecular weight excluding hydrogens is 354 g/mol. The SMILES string of the molecule is COc1cc(OC)cc(C(=O)Nc2c(C)nn(Cc3ccc(C)cc3)c2C)c1. The quantitative estimate of drug-likeness (QED) is 0.699. The van der Waals surface area contributed by atoms with E-state index in [1.54, 1.807) is 32.4 Å². The number of rotatable bonds is 6. The average Bonchev–Trinajstić information content (AvgIpc) is 2.96. The molecule has 0 aliphatic heterocycles. The van der Waals surface area contributed by atoms with Gasteiger partial charge in [-0.1, -0.05) is 29.8 Å². The zero-order chi connectivity index (χ0) is 20.3. The van der Waals surface area contributed by atoms with Crippen molar-refractivity contribution in [1.29, 1.82) is 0 Å². The van der Waals surface area contributed by atoms with Crippen LogP contribution < -0.4 is 14.8 Å². The Balaban J connectivity index is 1.83. The van der Waals surface area contributed by atoms with E-state index in [1.165, 1.54) is 5.56 Å². The zero-order valence-electron chi connectivity index (χ0n) is 16.9. The lowest BCUT2D eigenvalue weighted by Crippen LogP contribution is -2.13. The van der Waals surface area contributed by atoms with Crippen molar-refractivity contribution in [3.05, 3.63) is 70.5 Å². The molecule has 0 unspecified atom stereocenters. The molecule has 0 radical (unpaired) electrons. The average molecular weight is 379 g/mol. The molecule has 1 heterocycles. The Morgan fingerprint density at radius 3 is 2.18 bits per heavy atom. The fourth-order valence-electron chi connectivity index (χ4n) is 3.02. The van der Waals surface area contributed by atoms with Gasteiger partial charge < -0.3 is 14.8 Å². The minimum atomic E-state index is -0.238. The molecule has 6 nitrogen and oxygen atoms in total. The highest BCUT2D eigenvalue weighted by Crippen LogP contribution is 2.25. The monoisotopic (exact) mass is 379 g/mol. The molecule has 0 atom stereocenters. The molecule has 0 bridgehead atoms. The van der Waals surface area contributed by atoms with Crippen LogP contribution in [0.3, 0.4) is 0 Å². The number of aromatic nitrogens is 2. The molecule has 0 spiro atoms. The van der Waals surface area contributed by atoms with Crippen molar-refractivity contribution in [2.75, 3.05) is 19.5 Å². The third-order valence-corrected chi connectivity index (χ3v) is 4.69. The van der Waals surface area contributed by atoms with Gasteiger partial charge in [-0.15, -0.1) is 0 Å². The first-order chi connectivity index (χ1) is 13.4. The van der Waals surface area contributed by atoms with Gasteiger partial charge in [-0.2, -0.15) is 5.10 Å². The third kappa shape index (κ3) is 4.17. The third-order valence-electron chi connectivity index (χ3n) is 4.69. The second-order valence-electron chi connectivity index (χ2n) is 6.74. The number of nitrogens with zero attached hydrogens (tertiary/aromatic N) is 2. The lowest BCUT2D eigenvalue weighted by Gasteiger charge is -2.10. The molecule has 1 N–H and O–H groups in total. The summed E-state index contributed by atoms with van der Waals surface area (Å²) in [6.45, 7) is 6.56. The van der Waals surface area contributed by atoms with Crippen molar-refractivity contribution in [2.45, 2.75) is 27.3 Å². The number of carbonyl (C=O) groups excluding carboxylic acids is 1. The summed E-state index contributed by atoms with van der Waals surface area (Å²) in [6.07, 6.45) is 0. The molecule has 0 saturated carbocycles. The molecule has 1 amide bonds. The van der Waals surface area contributed by atoms with Crippen molar-refractivity contribution in [3.63, 3.8) is 0 Å². The maximum Gasteiger partial charge on any atom is 0.256 e. The molecule has 0 aliphatic rings. The van der Waals surface area contributed by atoms with Crippen LogP contribution >= 0.6 is 0 Å². The lowest BCUT2D eigenvalue weighted by molar-refractivity contribution is 0.102. The molecule has 28 heavy (non-hydrogen) atoms. The van der Waals surface area contributed by atoms with Crippen LogP contribution in [-0.2, 0) is 6.54 Å². The number of hydrogen-bond acceptors (Lipinski definition) is 4. The van der Waals surface area contributed by atoms with E-state index in [4.69, 9.17) is 9.47 Å². The van der Waals surface area contributed by atoms with E-state index >= 15 is 0 Å². The maximum atomic E-state index is 12.8. The number of hydrogen-bond donors (Lipinski definition) is 1. The van der Waals surface area contributed by atoms with E-state index in [0.29, 0.717) is 23.6 Å². The molecule has 1 aromatic heterocycles. The number of aryl methyl sites for hydroxylation is 2. The van der Waals surface area contributed by atoms with Gasteiger partial charge >= 0.3 is 0 Å². The summed E-state index contributed by atoms with van der Waals surface area (Å²) in [6, 6.07) is 13.4. The minimum Gasteiger partial charge on any atom is -0.497 e. The second kappa shape index (κ2) is 8.17. The highest BCUT2D eigenvalue weighted by molar-refractivity contribution is 6.05. The van der Waals surface area contributed by atoms with Gasteiger partial charge in [-0.3, -0.25) is 9.48 Å². The van der Waals surface area contributed by atoms with Gasteiger partial charge in [0.15, 0.2) is 0 Å². The van der Waals surface area contributed by atoms with Crippen molar-refractivity contribution >= 4 is 11.6 Å². The Kier molecular flexibility index (Phi) is 5.68. The molecule has 146 valence electrons. The second-order valence-corrected chi connectivity index (χ2v) is 6.74. The van der Waals surface area contributed by atoms with Crippen LogP contribution in [0.5, 0.6) is 11.5 Å². The van der Waals surface area contributed by atoms with E-state index in [-0.39, 0.29) is 5.91 Å². The Bertz CT molecular complexity index is 969. The molecule has 0 saturated heterocycles. The zero-order valence-corrected chi connectivity index (χ0v) is 16.9. The summed E-state index contributed by atoms with van der Waals surface area (Å²) >= 11 is 0. The van der Waals surface area contributed by atoms with Gasteiger partial charge in [0.2, 0.25) is 0 Å². The van der Waals surface area contributed by atoms with E-state index in [1.807, 2.05) is 18.5 Å². The first-order valence-electron chi connectivity index (χ1n) is 9.05. The van der Waals surface area contributed by atoms with E-state index < -0.39 is 0 Å². The largest absolute Gasteiger partial charge is 0.497 e. The van der Waals surface area contributed by atoms with Crippen molar-refractivity contribution < 1.29 is 14.3 Å². The summed E-state index contributed by atoms with van der Waals surface area (Å²) in [5.74, 6) is 0.888. The molecular formula is C22H25N3O3. The first kappa shape index (κ1) is 19.5. The van der Waals surface area contributed by atoms with Gasteiger partial charge in [-0.25, -0.2) is 0 Å². The van der Waals surface area contributed by atoms with Crippen LogP contribution in [0.2, 0.25) is 0 Å². The molecule has 6 heteroatoms. The predicted octanol–water partition coefficient (Wildman–Crippen LogP) is 4.13. The summed E-state index contributed by atoms with van der Waals surface area (Å²) < 4.78 is 12.4. The molecule has 3 rings (SSSR count). The number of ether oxygens (including phenoxy) is 2. The number of carbonyl (C=O) groups is 1. The van der Waals surface area contributed by atoms with Crippen molar-refractivity contribution in [2.24, 2.45) is 0 Å². The number of anilines is 1. The van der Waals surface area contributed by atoms with E-state index in [2.05, 4.69) is 41.6 Å². The van der Waals surface area contributed by atoms with Crippen LogP contribution in [0, 0.1) is 20.8 Å². The molecule has 3 aromatic rings. The van der Waals surface area contributed by atoms with Gasteiger partial charge in [0, 0.05) is 11.6 Å². The standard InChI is InChI=1S/C22H25N3O3/c1-14-6-8-17(9-7-14)13-25-16(3)21(15(2)24-25)23-22(26)18-10-19(27-4)12-20(11-18)28-5/h6-12H,13H2,1-5H3,(H,23,26). The topological polar surface area (TPSA) is 65.4 Å². The Hall–Kier alpha value is -3.28. The van der Waals surface area contributed by atoms with Crippen LogP contribution in [-0.4, -0.2) is 29.9 Å². The Morgan fingerprint density at radius 1 is 1.00 bits per heavy atom. The highest BCUT2D eigenvalue weighted by atomic mass is 16.5. The number of amides is 1. The highest BCUT2D eigenvalue weighted by Gasteiger charge is 2.17. The first-order valence-corrected chi connectivity index (χ1v) is 9.05.